The first-order chi connectivity index (χ1) is 16.8. The van der Waals surface area contributed by atoms with E-state index < -0.39 is 69.2 Å². The summed E-state index contributed by atoms with van der Waals surface area (Å²) in [4.78, 5) is 38.3. The number of Topliss-reactive ketones (excluding diaryl/α,β-unsaturated/α-hetero) is 1. The Morgan fingerprint density at radius 3 is 2.19 bits per heavy atom. The maximum atomic E-state index is 14.0. The van der Waals surface area contributed by atoms with Gasteiger partial charge in [-0.25, -0.2) is 18.2 Å². The molecule has 200 valence electrons. The standard InChI is InChI=1S/C23H29F4N3O5S/c1-2-18(20(32)22(33)28-17-9-10-17)30(19(31)11-12-36(34,35)13-14-3-4-14)29-21(23(25,26)27)15-5-7-16(24)8-6-15/h5-8,14,17-18,21,29H,2-4,9-13H2,1H3,(H,28,33)/t18-,21?/m0/s1. The van der Waals surface area contributed by atoms with Gasteiger partial charge in [0.05, 0.1) is 11.5 Å². The lowest BCUT2D eigenvalue weighted by Gasteiger charge is -2.35. The summed E-state index contributed by atoms with van der Waals surface area (Å²) in [5.41, 5.74) is 1.58. The van der Waals surface area contributed by atoms with Gasteiger partial charge in [0, 0.05) is 12.5 Å². The van der Waals surface area contributed by atoms with Crippen molar-refractivity contribution in [3.8, 4) is 0 Å². The summed E-state index contributed by atoms with van der Waals surface area (Å²) in [5.74, 6) is -4.71. The molecule has 0 radical (unpaired) electrons. The van der Waals surface area contributed by atoms with E-state index in [9.17, 15) is 40.4 Å². The van der Waals surface area contributed by atoms with E-state index >= 15 is 0 Å². The van der Waals surface area contributed by atoms with Crippen molar-refractivity contribution in [3.63, 3.8) is 0 Å². The van der Waals surface area contributed by atoms with Crippen LogP contribution in [-0.2, 0) is 24.2 Å². The first kappa shape index (κ1) is 28.0. The van der Waals surface area contributed by atoms with Gasteiger partial charge in [-0.15, -0.1) is 0 Å². The van der Waals surface area contributed by atoms with Crippen molar-refractivity contribution < 1.29 is 40.4 Å². The summed E-state index contributed by atoms with van der Waals surface area (Å²) >= 11 is 0. The number of halogens is 4. The zero-order valence-electron chi connectivity index (χ0n) is 19.7. The first-order valence-corrected chi connectivity index (χ1v) is 13.6. The molecule has 0 aromatic heterocycles. The molecule has 0 bridgehead atoms. The Hall–Kier alpha value is -2.54. The fourth-order valence-corrected chi connectivity index (χ4v) is 5.38. The highest BCUT2D eigenvalue weighted by Gasteiger charge is 2.45. The third-order valence-electron chi connectivity index (χ3n) is 6.02. The normalized spacial score (nSPS) is 17.8. The number of carbonyl (C=O) groups is 3. The Bertz CT molecular complexity index is 1070. The van der Waals surface area contributed by atoms with Crippen molar-refractivity contribution in [1.82, 2.24) is 15.8 Å². The van der Waals surface area contributed by atoms with Crippen LogP contribution < -0.4 is 10.7 Å². The number of hydrogen-bond donors (Lipinski definition) is 2. The van der Waals surface area contributed by atoms with E-state index in [4.69, 9.17) is 0 Å². The van der Waals surface area contributed by atoms with Crippen molar-refractivity contribution >= 4 is 27.4 Å². The molecule has 1 aromatic rings. The predicted molar refractivity (Wildman–Crippen MR) is 121 cm³/mol. The minimum Gasteiger partial charge on any atom is -0.347 e. The lowest BCUT2D eigenvalue weighted by atomic mass is 10.1. The lowest BCUT2D eigenvalue weighted by Crippen LogP contribution is -2.58. The van der Waals surface area contributed by atoms with Crippen molar-refractivity contribution in [2.45, 2.75) is 69.8 Å². The van der Waals surface area contributed by atoms with Crippen LogP contribution in [0.15, 0.2) is 24.3 Å². The maximum absolute atomic E-state index is 14.0. The molecule has 1 aromatic carbocycles. The van der Waals surface area contributed by atoms with Gasteiger partial charge in [0.15, 0.2) is 9.84 Å². The molecule has 2 fully saturated rings. The van der Waals surface area contributed by atoms with E-state index in [0.29, 0.717) is 17.9 Å². The summed E-state index contributed by atoms with van der Waals surface area (Å²) in [5, 5.41) is 2.87. The van der Waals surface area contributed by atoms with Gasteiger partial charge in [0.1, 0.15) is 17.9 Å². The minimum atomic E-state index is -4.98. The Morgan fingerprint density at radius 2 is 1.69 bits per heavy atom. The summed E-state index contributed by atoms with van der Waals surface area (Å²) < 4.78 is 80.0. The van der Waals surface area contributed by atoms with Crippen LogP contribution in [0.1, 0.15) is 57.1 Å². The highest BCUT2D eigenvalue weighted by Crippen LogP contribution is 2.34. The average molecular weight is 536 g/mol. The quantitative estimate of drug-likeness (QED) is 0.228. The van der Waals surface area contributed by atoms with Crippen LogP contribution in [0.25, 0.3) is 0 Å². The Balaban J connectivity index is 1.87. The molecule has 0 spiro atoms. The van der Waals surface area contributed by atoms with E-state index in [1.165, 1.54) is 6.92 Å². The molecule has 8 nitrogen and oxygen atoms in total. The summed E-state index contributed by atoms with van der Waals surface area (Å²) in [6, 6.07) is -0.954. The molecule has 2 N–H and O–H groups in total. The van der Waals surface area contributed by atoms with Gasteiger partial charge < -0.3 is 5.32 Å². The third-order valence-corrected chi connectivity index (χ3v) is 7.82. The van der Waals surface area contributed by atoms with Gasteiger partial charge in [0.2, 0.25) is 11.7 Å². The van der Waals surface area contributed by atoms with Gasteiger partial charge in [-0.3, -0.25) is 19.4 Å². The minimum absolute atomic E-state index is 0.0171. The van der Waals surface area contributed by atoms with Crippen LogP contribution in [0.2, 0.25) is 0 Å². The molecule has 1 unspecified atom stereocenters. The van der Waals surface area contributed by atoms with Crippen LogP contribution in [0.4, 0.5) is 17.6 Å². The van der Waals surface area contributed by atoms with E-state index in [-0.39, 0.29) is 24.1 Å². The number of alkyl halides is 3. The SMILES string of the molecule is CC[C@@H](C(=O)C(=O)NC1CC1)N(NC(c1ccc(F)cc1)C(F)(F)F)C(=O)CCS(=O)(=O)CC1CC1. The number of hydrogen-bond acceptors (Lipinski definition) is 6. The van der Waals surface area contributed by atoms with Crippen LogP contribution in [0.3, 0.4) is 0 Å². The van der Waals surface area contributed by atoms with Crippen LogP contribution >= 0.6 is 0 Å². The summed E-state index contributed by atoms with van der Waals surface area (Å²) in [7, 11) is -3.64. The third kappa shape index (κ3) is 7.99. The molecule has 36 heavy (non-hydrogen) atoms. The molecule has 13 heteroatoms. The average Bonchev–Trinajstić information content (AvgIpc) is 3.72. The number of nitrogens with one attached hydrogen (secondary N) is 2. The van der Waals surface area contributed by atoms with Gasteiger partial charge in [-0.05, 0) is 55.7 Å². The van der Waals surface area contributed by atoms with Crippen LogP contribution in [0.5, 0.6) is 0 Å². The smallest absolute Gasteiger partial charge is 0.347 e. The number of sulfone groups is 1. The van der Waals surface area contributed by atoms with E-state index in [1.807, 2.05) is 5.43 Å². The fourth-order valence-electron chi connectivity index (χ4n) is 3.68. The summed E-state index contributed by atoms with van der Waals surface area (Å²) in [6.07, 6.45) is -3.02. The molecular weight excluding hydrogens is 506 g/mol. The molecule has 2 atom stereocenters. The van der Waals surface area contributed by atoms with Crippen LogP contribution in [0, 0.1) is 11.7 Å². The molecule has 2 aliphatic carbocycles. The topological polar surface area (TPSA) is 113 Å². The van der Waals surface area contributed by atoms with Gasteiger partial charge in [-0.2, -0.15) is 13.2 Å². The molecule has 0 heterocycles. The molecule has 3 rings (SSSR count). The number of nitrogens with zero attached hydrogens (tertiary/aromatic N) is 1. The fraction of sp³-hybridized carbons (Fsp3) is 0.609. The number of benzene rings is 1. The number of hydrazine groups is 1. The zero-order chi connectivity index (χ0) is 26.7. The molecule has 2 saturated carbocycles. The first-order valence-electron chi connectivity index (χ1n) is 11.8. The second-order valence-corrected chi connectivity index (χ2v) is 11.5. The van der Waals surface area contributed by atoms with Gasteiger partial charge >= 0.3 is 6.18 Å². The molecule has 2 amide bonds. The van der Waals surface area contributed by atoms with Crippen molar-refractivity contribution in [2.24, 2.45) is 5.92 Å². The molecule has 0 saturated heterocycles. The van der Waals surface area contributed by atoms with E-state index in [0.717, 1.165) is 37.1 Å². The predicted octanol–water partition coefficient (Wildman–Crippen LogP) is 2.60. The van der Waals surface area contributed by atoms with Crippen molar-refractivity contribution in [2.75, 3.05) is 11.5 Å². The highest BCUT2D eigenvalue weighted by molar-refractivity contribution is 7.91. The lowest BCUT2D eigenvalue weighted by molar-refractivity contribution is -0.178. The molecular formula is C23H29F4N3O5S. The van der Waals surface area contributed by atoms with Crippen molar-refractivity contribution in [3.05, 3.63) is 35.6 Å². The van der Waals surface area contributed by atoms with Crippen LogP contribution in [-0.4, -0.2) is 60.8 Å². The number of amides is 2. The molecule has 2 aliphatic rings. The highest BCUT2D eigenvalue weighted by atomic mass is 32.2. The zero-order valence-corrected chi connectivity index (χ0v) is 20.5. The Labute approximate surface area is 206 Å². The Kier molecular flexibility index (Phi) is 8.75. The maximum Gasteiger partial charge on any atom is 0.409 e. The molecule has 0 aliphatic heterocycles. The van der Waals surface area contributed by atoms with Crippen molar-refractivity contribution in [1.29, 1.82) is 0 Å². The number of carbonyl (C=O) groups excluding carboxylic acids is 3. The Morgan fingerprint density at radius 1 is 1.08 bits per heavy atom. The second kappa shape index (κ2) is 11.2. The van der Waals surface area contributed by atoms with Gasteiger partial charge in [-0.1, -0.05) is 19.1 Å². The number of rotatable bonds is 13. The van der Waals surface area contributed by atoms with E-state index in [1.54, 1.807) is 0 Å². The summed E-state index contributed by atoms with van der Waals surface area (Å²) in [6.45, 7) is 1.42. The number of ketones is 1. The van der Waals surface area contributed by atoms with Gasteiger partial charge in [0.25, 0.3) is 5.91 Å². The van der Waals surface area contributed by atoms with E-state index in [2.05, 4.69) is 5.32 Å². The second-order valence-electron chi connectivity index (χ2n) is 9.26. The largest absolute Gasteiger partial charge is 0.409 e. The monoisotopic (exact) mass is 535 g/mol.